The summed E-state index contributed by atoms with van der Waals surface area (Å²) in [7, 11) is 0. The van der Waals surface area contributed by atoms with E-state index < -0.39 is 0 Å². The Bertz CT molecular complexity index is 3460. The second-order valence-electron chi connectivity index (χ2n) is 15.7. The minimum atomic E-state index is 0.573. The van der Waals surface area contributed by atoms with E-state index in [0.29, 0.717) is 40.5 Å². The highest BCUT2D eigenvalue weighted by Crippen LogP contribution is 2.45. The Balaban J connectivity index is 1.08. The predicted octanol–water partition coefficient (Wildman–Crippen LogP) is 14.1. The van der Waals surface area contributed by atoms with E-state index in [0.717, 1.165) is 77.5 Å². The average Bonchev–Trinajstić information content (AvgIpc) is 3.41. The molecular weight excluding hydrogens is 807 g/mol. The van der Waals surface area contributed by atoms with E-state index in [2.05, 4.69) is 84.9 Å². The van der Waals surface area contributed by atoms with Gasteiger partial charge in [-0.3, -0.25) is 0 Å². The molecule has 0 N–H and O–H groups in total. The molecule has 308 valence electrons. The first kappa shape index (κ1) is 39.6. The summed E-state index contributed by atoms with van der Waals surface area (Å²) in [4.78, 5) is 30.0. The highest BCUT2D eigenvalue weighted by Gasteiger charge is 2.21. The van der Waals surface area contributed by atoms with Gasteiger partial charge in [-0.25, -0.2) is 29.9 Å². The van der Waals surface area contributed by atoms with Crippen molar-refractivity contribution >= 4 is 10.8 Å². The van der Waals surface area contributed by atoms with Gasteiger partial charge >= 0.3 is 0 Å². The Kier molecular flexibility index (Phi) is 10.5. The normalized spacial score (nSPS) is 11.0. The van der Waals surface area contributed by atoms with Crippen LogP contribution in [0.25, 0.3) is 112 Å². The van der Waals surface area contributed by atoms with E-state index in [1.807, 2.05) is 146 Å². The van der Waals surface area contributed by atoms with E-state index in [1.165, 1.54) is 0 Å². The lowest BCUT2D eigenvalue weighted by molar-refractivity contribution is 1.07. The molecule has 0 atom stereocenters. The van der Waals surface area contributed by atoms with Crippen molar-refractivity contribution in [1.82, 2.24) is 29.9 Å². The molecule has 0 aliphatic heterocycles. The molecule has 0 saturated heterocycles. The number of aromatic nitrogens is 6. The van der Waals surface area contributed by atoms with Crippen LogP contribution in [-0.4, -0.2) is 29.9 Å². The molecule has 2 heterocycles. The van der Waals surface area contributed by atoms with Crippen LogP contribution < -0.4 is 0 Å². The summed E-state index contributed by atoms with van der Waals surface area (Å²) in [6, 6.07) is 77.7. The highest BCUT2D eigenvalue weighted by molar-refractivity contribution is 6.08. The van der Waals surface area contributed by atoms with Gasteiger partial charge in [-0.2, -0.15) is 5.26 Å². The van der Waals surface area contributed by atoms with E-state index in [-0.39, 0.29) is 0 Å². The van der Waals surface area contributed by atoms with Gasteiger partial charge in [-0.05, 0) is 50.7 Å². The Morgan fingerprint density at radius 3 is 1.05 bits per heavy atom. The van der Waals surface area contributed by atoms with Crippen molar-refractivity contribution in [1.29, 1.82) is 5.26 Å². The third-order valence-electron chi connectivity index (χ3n) is 11.7. The van der Waals surface area contributed by atoms with Gasteiger partial charge in [-0.15, -0.1) is 0 Å². The van der Waals surface area contributed by atoms with Gasteiger partial charge in [-0.1, -0.05) is 212 Å². The molecule has 2 aromatic heterocycles. The molecule has 7 nitrogen and oxygen atoms in total. The van der Waals surface area contributed by atoms with Crippen molar-refractivity contribution < 1.29 is 0 Å². The van der Waals surface area contributed by atoms with Crippen LogP contribution in [0.2, 0.25) is 0 Å². The molecule has 0 fully saturated rings. The predicted molar refractivity (Wildman–Crippen MR) is 264 cm³/mol. The number of nitriles is 1. The van der Waals surface area contributed by atoms with Crippen molar-refractivity contribution in [3.05, 3.63) is 230 Å². The van der Waals surface area contributed by atoms with E-state index >= 15 is 0 Å². The standard InChI is InChI=1S/C59H37N7/c60-38-45-26-13-14-27-46(45)50-30-17-31-51(53(50)39-32-34-44(35-33-39)58-62-54(40-18-5-1-6-19-40)61-55(63-58)41-20-7-2-8-21-41)49-36-37-52(48-29-16-15-28-47(48)49)59-65-56(42-22-9-3-10-23-42)64-57(66-59)43-24-11-4-12-25-43/h1-37H. The van der Waals surface area contributed by atoms with Crippen molar-refractivity contribution in [2.75, 3.05) is 0 Å². The van der Waals surface area contributed by atoms with Crippen LogP contribution in [-0.2, 0) is 0 Å². The van der Waals surface area contributed by atoms with Gasteiger partial charge in [0.1, 0.15) is 0 Å². The highest BCUT2D eigenvalue weighted by atomic mass is 15.0. The van der Waals surface area contributed by atoms with Gasteiger partial charge in [0, 0.05) is 38.9 Å². The first-order chi connectivity index (χ1) is 32.7. The Morgan fingerprint density at radius 2 is 0.576 bits per heavy atom. The zero-order valence-electron chi connectivity index (χ0n) is 35.5. The minimum Gasteiger partial charge on any atom is -0.208 e. The molecule has 0 unspecified atom stereocenters. The van der Waals surface area contributed by atoms with E-state index in [4.69, 9.17) is 29.9 Å². The summed E-state index contributed by atoms with van der Waals surface area (Å²) in [5.74, 6) is 3.57. The van der Waals surface area contributed by atoms with Crippen molar-refractivity contribution in [2.45, 2.75) is 0 Å². The van der Waals surface area contributed by atoms with Gasteiger partial charge in [0.2, 0.25) is 0 Å². The maximum absolute atomic E-state index is 10.4. The fourth-order valence-corrected chi connectivity index (χ4v) is 8.51. The molecular formula is C59H37N7. The van der Waals surface area contributed by atoms with Gasteiger partial charge in [0.25, 0.3) is 0 Å². The molecule has 7 heteroatoms. The molecule has 0 saturated carbocycles. The van der Waals surface area contributed by atoms with E-state index in [1.54, 1.807) is 0 Å². The average molecular weight is 844 g/mol. The summed E-state index contributed by atoms with van der Waals surface area (Å²) in [6.07, 6.45) is 0. The molecule has 11 aromatic rings. The van der Waals surface area contributed by atoms with Crippen LogP contribution in [0, 0.1) is 11.3 Å². The zero-order valence-corrected chi connectivity index (χ0v) is 35.5. The van der Waals surface area contributed by atoms with Crippen LogP contribution in [0.5, 0.6) is 0 Å². The Morgan fingerprint density at radius 1 is 0.242 bits per heavy atom. The van der Waals surface area contributed by atoms with E-state index in [9.17, 15) is 5.26 Å². The van der Waals surface area contributed by atoms with Crippen molar-refractivity contribution in [3.63, 3.8) is 0 Å². The number of hydrogen-bond acceptors (Lipinski definition) is 7. The molecule has 0 spiro atoms. The lowest BCUT2D eigenvalue weighted by atomic mass is 9.84. The summed E-state index contributed by atoms with van der Waals surface area (Å²) < 4.78 is 0. The molecule has 0 amide bonds. The molecule has 0 aliphatic rings. The maximum atomic E-state index is 10.4. The number of rotatable bonds is 9. The Hall–Kier alpha value is -9.25. The smallest absolute Gasteiger partial charge is 0.164 e. The largest absolute Gasteiger partial charge is 0.208 e. The van der Waals surface area contributed by atoms with Gasteiger partial charge in [0.15, 0.2) is 34.9 Å². The van der Waals surface area contributed by atoms with Crippen molar-refractivity contribution in [2.24, 2.45) is 0 Å². The molecule has 66 heavy (non-hydrogen) atoms. The fourth-order valence-electron chi connectivity index (χ4n) is 8.51. The number of benzene rings is 9. The Labute approximate surface area is 382 Å². The van der Waals surface area contributed by atoms with Crippen LogP contribution in [0.3, 0.4) is 0 Å². The molecule has 0 bridgehead atoms. The third kappa shape index (κ3) is 7.65. The third-order valence-corrected chi connectivity index (χ3v) is 11.7. The lowest BCUT2D eigenvalue weighted by Gasteiger charge is -2.19. The minimum absolute atomic E-state index is 0.573. The second kappa shape index (κ2) is 17.5. The summed E-state index contributed by atoms with van der Waals surface area (Å²) in [6.45, 7) is 0. The second-order valence-corrected chi connectivity index (χ2v) is 15.7. The molecule has 9 aromatic carbocycles. The first-order valence-corrected chi connectivity index (χ1v) is 21.7. The van der Waals surface area contributed by atoms with Crippen LogP contribution in [0.15, 0.2) is 224 Å². The maximum Gasteiger partial charge on any atom is 0.164 e. The molecule has 0 radical (unpaired) electrons. The molecule has 11 rings (SSSR count). The van der Waals surface area contributed by atoms with Crippen LogP contribution in [0.1, 0.15) is 5.56 Å². The van der Waals surface area contributed by atoms with Gasteiger partial charge < -0.3 is 0 Å². The summed E-state index contributed by atoms with van der Waals surface area (Å²) in [5.41, 5.74) is 11.8. The SMILES string of the molecule is N#Cc1ccccc1-c1cccc(-c2ccc(-c3nc(-c4ccccc4)nc(-c4ccccc4)n3)c3ccccc23)c1-c1ccc(-c2nc(-c3ccccc3)nc(-c3ccccc3)n2)cc1. The first-order valence-electron chi connectivity index (χ1n) is 21.7. The lowest BCUT2D eigenvalue weighted by Crippen LogP contribution is -2.01. The fraction of sp³-hybridized carbons (Fsp3) is 0. The summed E-state index contributed by atoms with van der Waals surface area (Å²) >= 11 is 0. The monoisotopic (exact) mass is 843 g/mol. The molecule has 0 aliphatic carbocycles. The van der Waals surface area contributed by atoms with Crippen LogP contribution >= 0.6 is 0 Å². The van der Waals surface area contributed by atoms with Crippen LogP contribution in [0.4, 0.5) is 0 Å². The quantitative estimate of drug-likeness (QED) is 0.143. The zero-order chi connectivity index (χ0) is 44.2. The number of hydrogen-bond donors (Lipinski definition) is 0. The topological polar surface area (TPSA) is 101 Å². The summed E-state index contributed by atoms with van der Waals surface area (Å²) in [5, 5.41) is 12.4. The van der Waals surface area contributed by atoms with Crippen molar-refractivity contribution in [3.8, 4) is 108 Å². The van der Waals surface area contributed by atoms with Gasteiger partial charge in [0.05, 0.1) is 11.6 Å². The number of fused-ring (bicyclic) bond motifs is 1. The number of nitrogens with zero attached hydrogens (tertiary/aromatic N) is 7.